The number of aliphatic hydroxyl groups excluding tert-OH is 1. The number of rotatable bonds is 8. The predicted molar refractivity (Wildman–Crippen MR) is 106 cm³/mol. The first kappa shape index (κ1) is 19.6. The maximum atomic E-state index is 9.95. The smallest absolute Gasteiger partial charge is 0.161 e. The predicted octanol–water partition coefficient (Wildman–Crippen LogP) is 3.42. The summed E-state index contributed by atoms with van der Waals surface area (Å²) in [5, 5.41) is 33.9. The van der Waals surface area contributed by atoms with Crippen molar-refractivity contribution in [2.24, 2.45) is 0 Å². The van der Waals surface area contributed by atoms with Gasteiger partial charge < -0.3 is 24.8 Å². The first-order chi connectivity index (χ1) is 13.6. The fourth-order valence-electron chi connectivity index (χ4n) is 2.94. The van der Waals surface area contributed by atoms with Crippen LogP contribution in [0.15, 0.2) is 42.5 Å². The van der Waals surface area contributed by atoms with E-state index in [1.54, 1.807) is 41.1 Å². The SMILES string of the molecule is CCOc1cc(-c2cc(-c3ccc(O)c(OCC)c3)n(CCO)n2)ccc1O. The lowest BCUT2D eigenvalue weighted by Gasteiger charge is -2.09. The van der Waals surface area contributed by atoms with Crippen molar-refractivity contribution in [3.63, 3.8) is 0 Å². The van der Waals surface area contributed by atoms with Gasteiger partial charge in [-0.1, -0.05) is 0 Å². The third kappa shape index (κ3) is 4.04. The number of aromatic hydroxyl groups is 2. The van der Waals surface area contributed by atoms with E-state index < -0.39 is 0 Å². The van der Waals surface area contributed by atoms with E-state index in [0.717, 1.165) is 16.8 Å². The van der Waals surface area contributed by atoms with E-state index in [0.29, 0.717) is 37.0 Å². The van der Waals surface area contributed by atoms with Gasteiger partial charge >= 0.3 is 0 Å². The Balaban J connectivity index is 2.06. The maximum absolute atomic E-state index is 9.95. The summed E-state index contributed by atoms with van der Waals surface area (Å²) in [6.45, 7) is 4.82. The van der Waals surface area contributed by atoms with Gasteiger partial charge in [-0.25, -0.2) is 0 Å². The molecule has 0 aliphatic heterocycles. The van der Waals surface area contributed by atoms with Gasteiger partial charge in [0.25, 0.3) is 0 Å². The van der Waals surface area contributed by atoms with Crippen molar-refractivity contribution in [2.75, 3.05) is 19.8 Å². The highest BCUT2D eigenvalue weighted by molar-refractivity contribution is 5.72. The summed E-state index contributed by atoms with van der Waals surface area (Å²) in [4.78, 5) is 0. The van der Waals surface area contributed by atoms with Crippen LogP contribution < -0.4 is 9.47 Å². The fraction of sp³-hybridized carbons (Fsp3) is 0.286. The second-order valence-electron chi connectivity index (χ2n) is 6.09. The molecule has 0 fully saturated rings. The molecule has 0 spiro atoms. The molecular weight excluding hydrogens is 360 g/mol. The summed E-state index contributed by atoms with van der Waals surface area (Å²) in [6.07, 6.45) is 0. The number of hydrogen-bond acceptors (Lipinski definition) is 6. The summed E-state index contributed by atoms with van der Waals surface area (Å²) >= 11 is 0. The van der Waals surface area contributed by atoms with Crippen molar-refractivity contribution >= 4 is 0 Å². The van der Waals surface area contributed by atoms with E-state index in [-0.39, 0.29) is 18.1 Å². The van der Waals surface area contributed by atoms with Crippen LogP contribution in [0.3, 0.4) is 0 Å². The quantitative estimate of drug-likeness (QED) is 0.551. The highest BCUT2D eigenvalue weighted by atomic mass is 16.5. The first-order valence-electron chi connectivity index (χ1n) is 9.18. The lowest BCUT2D eigenvalue weighted by atomic mass is 10.1. The minimum atomic E-state index is -0.0652. The molecule has 0 unspecified atom stereocenters. The zero-order valence-electron chi connectivity index (χ0n) is 15.9. The van der Waals surface area contributed by atoms with Crippen molar-refractivity contribution in [3.8, 4) is 45.5 Å². The van der Waals surface area contributed by atoms with Crippen LogP contribution in [-0.4, -0.2) is 44.9 Å². The van der Waals surface area contributed by atoms with E-state index in [9.17, 15) is 15.3 Å². The summed E-state index contributed by atoms with van der Waals surface area (Å²) < 4.78 is 12.6. The molecule has 1 heterocycles. The molecule has 7 nitrogen and oxygen atoms in total. The van der Waals surface area contributed by atoms with Gasteiger partial charge in [0.2, 0.25) is 0 Å². The molecule has 148 valence electrons. The number of aliphatic hydroxyl groups is 1. The van der Waals surface area contributed by atoms with Gasteiger partial charge in [-0.15, -0.1) is 0 Å². The molecule has 0 aliphatic rings. The van der Waals surface area contributed by atoms with Gasteiger partial charge in [0.1, 0.15) is 0 Å². The second kappa shape index (κ2) is 8.67. The van der Waals surface area contributed by atoms with Crippen LogP contribution in [0, 0.1) is 0 Å². The van der Waals surface area contributed by atoms with Gasteiger partial charge in [-0.2, -0.15) is 5.10 Å². The van der Waals surface area contributed by atoms with Crippen LogP contribution in [0.2, 0.25) is 0 Å². The molecule has 0 saturated carbocycles. The number of phenols is 2. The van der Waals surface area contributed by atoms with Crippen LogP contribution >= 0.6 is 0 Å². The van der Waals surface area contributed by atoms with Gasteiger partial charge in [-0.05, 0) is 56.3 Å². The van der Waals surface area contributed by atoms with E-state index in [2.05, 4.69) is 5.10 Å². The average molecular weight is 384 g/mol. The zero-order chi connectivity index (χ0) is 20.1. The lowest BCUT2D eigenvalue weighted by molar-refractivity contribution is 0.270. The largest absolute Gasteiger partial charge is 0.504 e. The highest BCUT2D eigenvalue weighted by Gasteiger charge is 2.15. The minimum absolute atomic E-state index is 0.0652. The highest BCUT2D eigenvalue weighted by Crippen LogP contribution is 2.35. The van der Waals surface area contributed by atoms with E-state index in [1.807, 2.05) is 19.9 Å². The summed E-state index contributed by atoms with van der Waals surface area (Å²) in [7, 11) is 0. The number of phenolic OH excluding ortho intramolecular Hbond substituents is 2. The Kier molecular flexibility index (Phi) is 6.06. The van der Waals surface area contributed by atoms with Crippen LogP contribution in [0.5, 0.6) is 23.0 Å². The Labute approximate surface area is 163 Å². The van der Waals surface area contributed by atoms with Crippen molar-refractivity contribution in [3.05, 3.63) is 42.5 Å². The third-order valence-corrected chi connectivity index (χ3v) is 4.20. The Morgan fingerprint density at radius 3 is 2.00 bits per heavy atom. The molecule has 0 atom stereocenters. The molecule has 3 aromatic rings. The van der Waals surface area contributed by atoms with Crippen LogP contribution in [0.25, 0.3) is 22.5 Å². The fourth-order valence-corrected chi connectivity index (χ4v) is 2.94. The Bertz CT molecular complexity index is 952. The molecule has 3 N–H and O–H groups in total. The molecule has 0 amide bonds. The van der Waals surface area contributed by atoms with Gasteiger partial charge in [-0.3, -0.25) is 4.68 Å². The Morgan fingerprint density at radius 1 is 0.857 bits per heavy atom. The monoisotopic (exact) mass is 384 g/mol. The topological polar surface area (TPSA) is 97.0 Å². The minimum Gasteiger partial charge on any atom is -0.504 e. The average Bonchev–Trinajstić information content (AvgIpc) is 3.10. The van der Waals surface area contributed by atoms with Crippen molar-refractivity contribution in [1.29, 1.82) is 0 Å². The van der Waals surface area contributed by atoms with Gasteiger partial charge in [0.15, 0.2) is 23.0 Å². The normalized spacial score (nSPS) is 10.8. The van der Waals surface area contributed by atoms with E-state index >= 15 is 0 Å². The molecule has 2 aromatic carbocycles. The molecule has 3 rings (SSSR count). The van der Waals surface area contributed by atoms with Gasteiger partial charge in [0.05, 0.1) is 37.8 Å². The van der Waals surface area contributed by atoms with E-state index in [1.165, 1.54) is 0 Å². The zero-order valence-corrected chi connectivity index (χ0v) is 15.9. The number of nitrogens with zero attached hydrogens (tertiary/aromatic N) is 2. The third-order valence-electron chi connectivity index (χ3n) is 4.20. The molecular formula is C21H24N2O5. The summed E-state index contributed by atoms with van der Waals surface area (Å²) in [6, 6.07) is 12.0. The molecule has 0 bridgehead atoms. The lowest BCUT2D eigenvalue weighted by Crippen LogP contribution is -2.06. The molecule has 1 aromatic heterocycles. The van der Waals surface area contributed by atoms with E-state index in [4.69, 9.17) is 9.47 Å². The second-order valence-corrected chi connectivity index (χ2v) is 6.09. The van der Waals surface area contributed by atoms with Gasteiger partial charge in [0, 0.05) is 11.1 Å². The first-order valence-corrected chi connectivity index (χ1v) is 9.18. The summed E-state index contributed by atoms with van der Waals surface area (Å²) in [5.74, 6) is 0.919. The van der Waals surface area contributed by atoms with Crippen molar-refractivity contribution in [2.45, 2.75) is 20.4 Å². The summed E-state index contributed by atoms with van der Waals surface area (Å²) in [5.41, 5.74) is 3.03. The Morgan fingerprint density at radius 2 is 1.43 bits per heavy atom. The molecule has 0 radical (unpaired) electrons. The number of hydrogen-bond donors (Lipinski definition) is 3. The van der Waals surface area contributed by atoms with Crippen LogP contribution in [0.4, 0.5) is 0 Å². The number of ether oxygens (including phenoxy) is 2. The molecule has 28 heavy (non-hydrogen) atoms. The van der Waals surface area contributed by atoms with Crippen LogP contribution in [0.1, 0.15) is 13.8 Å². The Hall–Kier alpha value is -3.19. The standard InChI is InChI=1S/C21H24N2O5/c1-3-27-20-11-14(5-7-18(20)25)16-13-17(23(22-16)9-10-24)15-6-8-19(26)21(12-15)28-4-2/h5-8,11-13,24-26H,3-4,9-10H2,1-2H3. The van der Waals surface area contributed by atoms with Crippen LogP contribution in [-0.2, 0) is 6.54 Å². The molecule has 0 saturated heterocycles. The van der Waals surface area contributed by atoms with Crippen molar-refractivity contribution < 1.29 is 24.8 Å². The number of benzene rings is 2. The van der Waals surface area contributed by atoms with Crippen molar-refractivity contribution in [1.82, 2.24) is 9.78 Å². The number of aromatic nitrogens is 2. The maximum Gasteiger partial charge on any atom is 0.161 e. The molecule has 0 aliphatic carbocycles. The molecule has 7 heteroatoms.